The maximum atomic E-state index is 13.2. The third-order valence-corrected chi connectivity index (χ3v) is 7.36. The molecule has 35 heavy (non-hydrogen) atoms. The van der Waals surface area contributed by atoms with Crippen molar-refractivity contribution in [3.63, 3.8) is 0 Å². The standard InChI is InChI=1S/C21H24N2O2.C4H6O6/c1-3-14-10-13-11-21(20(24)25-2)18-16(8-9-23(12-13)19(14)21)15-6-4-5-7-17(15)22-18;5-1(3(7)8)2(6)4(9)10/h4-7,10,13,19,22H,3,8-9,11-12H2,1-2H3;1-2,5-6H,(H,7,8)(H,9,10). The molecule has 1 aliphatic carbocycles. The van der Waals surface area contributed by atoms with Gasteiger partial charge in [-0.3, -0.25) is 9.69 Å². The number of rotatable bonds is 5. The minimum Gasteiger partial charge on any atom is -0.479 e. The van der Waals surface area contributed by atoms with Crippen LogP contribution in [-0.2, 0) is 31.0 Å². The summed E-state index contributed by atoms with van der Waals surface area (Å²) in [5.41, 5.74) is 4.36. The van der Waals surface area contributed by atoms with Gasteiger partial charge in [0.15, 0.2) is 12.2 Å². The number of aromatic amines is 1. The van der Waals surface area contributed by atoms with E-state index in [4.69, 9.17) is 25.2 Å². The lowest BCUT2D eigenvalue weighted by molar-refractivity contribution is -0.165. The average Bonchev–Trinajstić information content (AvgIpc) is 3.20. The molecule has 4 bridgehead atoms. The van der Waals surface area contributed by atoms with E-state index in [1.165, 1.54) is 23.6 Å². The fourth-order valence-electron chi connectivity index (χ4n) is 5.98. The van der Waals surface area contributed by atoms with E-state index in [1.807, 2.05) is 0 Å². The molecule has 3 aliphatic heterocycles. The largest absolute Gasteiger partial charge is 0.479 e. The Hall–Kier alpha value is -3.21. The molecule has 1 aromatic carbocycles. The number of methoxy groups -OCH3 is 1. The number of H-pyrrole nitrogens is 1. The summed E-state index contributed by atoms with van der Waals surface area (Å²) in [7, 11) is 1.53. The summed E-state index contributed by atoms with van der Waals surface area (Å²) in [6.07, 6.45) is 0.722. The average molecular weight is 487 g/mol. The van der Waals surface area contributed by atoms with Crippen molar-refractivity contribution in [2.24, 2.45) is 5.92 Å². The molecule has 0 amide bonds. The molecule has 0 saturated carbocycles. The van der Waals surface area contributed by atoms with Gasteiger partial charge in [-0.25, -0.2) is 9.59 Å². The van der Waals surface area contributed by atoms with Gasteiger partial charge in [0.25, 0.3) is 0 Å². The lowest BCUT2D eigenvalue weighted by atomic mass is 9.60. The first-order chi connectivity index (χ1) is 16.6. The summed E-state index contributed by atoms with van der Waals surface area (Å²) in [6, 6.07) is 8.56. The molecule has 1 saturated heterocycles. The number of carboxylic acid groups (broad SMARTS) is 2. The lowest BCUT2D eigenvalue weighted by Crippen LogP contribution is -2.63. The van der Waals surface area contributed by atoms with Crippen LogP contribution in [0.1, 0.15) is 31.0 Å². The van der Waals surface area contributed by atoms with Gasteiger partial charge in [-0.05, 0) is 36.8 Å². The van der Waals surface area contributed by atoms with Gasteiger partial charge in [0.05, 0.1) is 13.2 Å². The van der Waals surface area contributed by atoms with E-state index >= 15 is 0 Å². The van der Waals surface area contributed by atoms with E-state index in [1.54, 1.807) is 0 Å². The van der Waals surface area contributed by atoms with Crippen LogP contribution in [0, 0.1) is 5.92 Å². The maximum absolute atomic E-state index is 13.2. The van der Waals surface area contributed by atoms with Gasteiger partial charge < -0.3 is 30.1 Å². The van der Waals surface area contributed by atoms with Gasteiger partial charge in [0.1, 0.15) is 5.41 Å². The van der Waals surface area contributed by atoms with Gasteiger partial charge in [-0.2, -0.15) is 0 Å². The number of para-hydroxylation sites is 1. The molecule has 6 rings (SSSR count). The molecule has 2 aromatic rings. The van der Waals surface area contributed by atoms with Crippen molar-refractivity contribution < 1.29 is 39.5 Å². The zero-order valence-electron chi connectivity index (χ0n) is 19.6. The van der Waals surface area contributed by atoms with Crippen molar-refractivity contribution in [3.05, 3.63) is 47.2 Å². The number of hydrogen-bond acceptors (Lipinski definition) is 7. The molecular weight excluding hydrogens is 456 g/mol. The number of carboxylic acids is 2. The van der Waals surface area contributed by atoms with E-state index in [9.17, 15) is 14.4 Å². The topological polar surface area (TPSA) is 160 Å². The fraction of sp³-hybridized carbons (Fsp3) is 0.480. The van der Waals surface area contributed by atoms with E-state index in [-0.39, 0.29) is 12.0 Å². The fourth-order valence-corrected chi connectivity index (χ4v) is 5.98. The molecular formula is C25H30N2O8. The van der Waals surface area contributed by atoms with E-state index in [0.29, 0.717) is 5.92 Å². The lowest BCUT2D eigenvalue weighted by Gasteiger charge is -2.53. The summed E-state index contributed by atoms with van der Waals surface area (Å²) >= 11 is 0. The summed E-state index contributed by atoms with van der Waals surface area (Å²) < 4.78 is 5.41. The van der Waals surface area contributed by atoms with Crippen LogP contribution in [0.25, 0.3) is 10.9 Å². The van der Waals surface area contributed by atoms with Crippen LogP contribution in [0.3, 0.4) is 0 Å². The van der Waals surface area contributed by atoms with Crippen LogP contribution in [0.4, 0.5) is 0 Å². The van der Waals surface area contributed by atoms with Crippen molar-refractivity contribution in [2.45, 2.75) is 49.9 Å². The third kappa shape index (κ3) is 4.01. The van der Waals surface area contributed by atoms with Crippen molar-refractivity contribution in [1.82, 2.24) is 9.88 Å². The van der Waals surface area contributed by atoms with E-state index < -0.39 is 29.6 Å². The Balaban J connectivity index is 0.000000248. The molecule has 1 fully saturated rings. The van der Waals surface area contributed by atoms with Crippen LogP contribution in [0.15, 0.2) is 35.9 Å². The highest BCUT2D eigenvalue weighted by molar-refractivity contribution is 5.92. The van der Waals surface area contributed by atoms with Gasteiger partial charge in [-0.1, -0.05) is 36.8 Å². The predicted octanol–water partition coefficient (Wildman–Crippen LogP) is 1.05. The predicted molar refractivity (Wildman–Crippen MR) is 125 cm³/mol. The van der Waals surface area contributed by atoms with Crippen molar-refractivity contribution in [2.75, 3.05) is 20.2 Å². The molecule has 6 unspecified atom stereocenters. The summed E-state index contributed by atoms with van der Waals surface area (Å²) in [5.74, 6) is -3.19. The highest BCUT2D eigenvalue weighted by Crippen LogP contribution is 2.53. The normalized spacial score (nSPS) is 28.0. The van der Waals surface area contributed by atoms with Gasteiger partial charge in [0.2, 0.25) is 0 Å². The number of nitrogens with one attached hydrogen (secondary N) is 1. The number of aliphatic hydroxyl groups is 2. The van der Waals surface area contributed by atoms with Crippen LogP contribution in [0.2, 0.25) is 0 Å². The molecule has 4 heterocycles. The Morgan fingerprint density at radius 3 is 2.43 bits per heavy atom. The van der Waals surface area contributed by atoms with Crippen LogP contribution >= 0.6 is 0 Å². The number of esters is 1. The summed E-state index contributed by atoms with van der Waals surface area (Å²) in [6.45, 7) is 4.28. The molecule has 10 heteroatoms. The summed E-state index contributed by atoms with van der Waals surface area (Å²) in [4.78, 5) is 39.0. The number of carbonyl (C=O) groups is 3. The number of piperidine rings is 1. The summed E-state index contributed by atoms with van der Waals surface area (Å²) in [5, 5.41) is 33.8. The Morgan fingerprint density at radius 1 is 1.17 bits per heavy atom. The number of benzene rings is 1. The SMILES string of the molecule is CCC1=CC2CN3CCc4c([nH]c5ccccc45)C(C(=O)OC)(C2)C13.O=C(O)C(O)C(O)C(=O)O. The molecule has 188 valence electrons. The van der Waals surface area contributed by atoms with Crippen LogP contribution in [0.5, 0.6) is 0 Å². The van der Waals surface area contributed by atoms with Crippen LogP contribution < -0.4 is 0 Å². The highest BCUT2D eigenvalue weighted by atomic mass is 16.5. The molecule has 10 nitrogen and oxygen atoms in total. The number of fused-ring (bicyclic) bond motifs is 3. The number of nitrogens with zero attached hydrogens (tertiary/aromatic N) is 1. The highest BCUT2D eigenvalue weighted by Gasteiger charge is 2.60. The Labute approximate surface area is 201 Å². The quantitative estimate of drug-likeness (QED) is 0.307. The van der Waals surface area contributed by atoms with Gasteiger partial charge >= 0.3 is 17.9 Å². The van der Waals surface area contributed by atoms with Gasteiger partial charge in [-0.15, -0.1) is 0 Å². The van der Waals surface area contributed by atoms with E-state index in [0.717, 1.165) is 43.6 Å². The molecule has 5 N–H and O–H groups in total. The molecule has 0 radical (unpaired) electrons. The van der Waals surface area contributed by atoms with Crippen molar-refractivity contribution in [1.29, 1.82) is 0 Å². The van der Waals surface area contributed by atoms with Crippen LogP contribution in [-0.4, -0.2) is 86.7 Å². The number of hydrogen-bond donors (Lipinski definition) is 5. The number of ether oxygens (including phenoxy) is 1. The van der Waals surface area contributed by atoms with Gasteiger partial charge in [0, 0.05) is 29.7 Å². The Bertz CT molecular complexity index is 1170. The Kier molecular flexibility index (Phi) is 6.72. The second kappa shape index (κ2) is 9.44. The molecule has 6 atom stereocenters. The molecule has 4 aliphatic rings. The molecule has 0 spiro atoms. The number of aliphatic hydroxyl groups excluding tert-OH is 2. The monoisotopic (exact) mass is 486 g/mol. The molecule has 1 aromatic heterocycles. The second-order valence-corrected chi connectivity index (χ2v) is 9.26. The maximum Gasteiger partial charge on any atom is 0.335 e. The minimum absolute atomic E-state index is 0.0824. The van der Waals surface area contributed by atoms with E-state index in [2.05, 4.69) is 47.1 Å². The smallest absolute Gasteiger partial charge is 0.335 e. The van der Waals surface area contributed by atoms with Crippen molar-refractivity contribution >= 4 is 28.8 Å². The first-order valence-corrected chi connectivity index (χ1v) is 11.6. The number of carbonyl (C=O) groups excluding carboxylic acids is 1. The zero-order valence-corrected chi connectivity index (χ0v) is 19.6. The number of aromatic nitrogens is 1. The minimum atomic E-state index is -2.27. The first kappa shape index (κ1) is 24.9. The number of aliphatic carboxylic acids is 2. The third-order valence-electron chi connectivity index (χ3n) is 7.36. The second-order valence-electron chi connectivity index (χ2n) is 9.26. The zero-order chi connectivity index (χ0) is 25.5. The van der Waals surface area contributed by atoms with Crippen molar-refractivity contribution in [3.8, 4) is 0 Å². The Morgan fingerprint density at radius 2 is 1.83 bits per heavy atom. The first-order valence-electron chi connectivity index (χ1n) is 11.6.